The number of nitrogens with one attached hydrogen (secondary N) is 1. The van der Waals surface area contributed by atoms with Gasteiger partial charge in [-0.3, -0.25) is 4.79 Å². The van der Waals surface area contributed by atoms with Crippen molar-refractivity contribution in [3.05, 3.63) is 36.0 Å². The van der Waals surface area contributed by atoms with Crippen molar-refractivity contribution in [3.63, 3.8) is 0 Å². The Kier molecular flexibility index (Phi) is 5.71. The van der Waals surface area contributed by atoms with E-state index in [2.05, 4.69) is 15.3 Å². The van der Waals surface area contributed by atoms with Crippen molar-refractivity contribution < 1.29 is 17.9 Å². The monoisotopic (exact) mass is 390 g/mol. The molecule has 0 bridgehead atoms. The van der Waals surface area contributed by atoms with E-state index in [0.717, 1.165) is 19.1 Å². The molecule has 2 heterocycles. The number of rotatable bonds is 5. The number of carbonyl (C=O) groups is 1. The lowest BCUT2D eigenvalue weighted by molar-refractivity contribution is -0.122. The molecule has 2 aromatic rings. The Morgan fingerprint density at radius 3 is 2.52 bits per heavy atom. The van der Waals surface area contributed by atoms with Crippen LogP contribution < -0.4 is 11.1 Å². The van der Waals surface area contributed by atoms with Crippen molar-refractivity contribution in [1.29, 1.82) is 0 Å². The summed E-state index contributed by atoms with van der Waals surface area (Å²) in [7, 11) is -3.23. The molecule has 0 unspecified atom stereocenters. The van der Waals surface area contributed by atoms with Gasteiger partial charge in [0.1, 0.15) is 5.82 Å². The van der Waals surface area contributed by atoms with Gasteiger partial charge in [-0.05, 0) is 37.1 Å². The molecule has 3 N–H and O–H groups in total. The van der Waals surface area contributed by atoms with Crippen molar-refractivity contribution in [2.75, 3.05) is 30.5 Å². The average molecular weight is 390 g/mol. The van der Waals surface area contributed by atoms with Crippen LogP contribution in [0.5, 0.6) is 0 Å². The Morgan fingerprint density at radius 1 is 1.22 bits per heavy atom. The minimum Gasteiger partial charge on any atom is -0.384 e. The first-order chi connectivity index (χ1) is 12.8. The molecule has 0 radical (unpaired) electrons. The van der Waals surface area contributed by atoms with Crippen molar-refractivity contribution in [2.24, 2.45) is 5.92 Å². The summed E-state index contributed by atoms with van der Waals surface area (Å²) in [6.45, 7) is 1.22. The van der Waals surface area contributed by atoms with Crippen LogP contribution in [0.3, 0.4) is 0 Å². The molecule has 9 heteroatoms. The van der Waals surface area contributed by atoms with Gasteiger partial charge in [-0.15, -0.1) is 0 Å². The predicted octanol–water partition coefficient (Wildman–Crippen LogP) is 1.64. The Morgan fingerprint density at radius 2 is 1.89 bits per heavy atom. The quantitative estimate of drug-likeness (QED) is 0.795. The maximum atomic E-state index is 12.3. The molecule has 0 atom stereocenters. The Labute approximate surface area is 158 Å². The van der Waals surface area contributed by atoms with Crippen LogP contribution in [0.1, 0.15) is 18.5 Å². The number of hydrogen-bond donors (Lipinski definition) is 2. The lowest BCUT2D eigenvalue weighted by Gasteiger charge is -2.21. The van der Waals surface area contributed by atoms with Crippen molar-refractivity contribution in [3.8, 4) is 11.4 Å². The second-order valence-corrected chi connectivity index (χ2v) is 8.77. The van der Waals surface area contributed by atoms with Crippen molar-refractivity contribution in [2.45, 2.75) is 18.6 Å². The maximum Gasteiger partial charge on any atom is 0.227 e. The molecular weight excluding hydrogens is 368 g/mol. The maximum absolute atomic E-state index is 12.3. The van der Waals surface area contributed by atoms with Crippen molar-refractivity contribution >= 4 is 27.2 Å². The largest absolute Gasteiger partial charge is 0.384 e. The predicted molar refractivity (Wildman–Crippen MR) is 103 cm³/mol. The van der Waals surface area contributed by atoms with E-state index in [4.69, 9.17) is 10.5 Å². The summed E-state index contributed by atoms with van der Waals surface area (Å²) in [5.41, 5.74) is 7.48. The molecule has 1 aliphatic rings. The highest BCUT2D eigenvalue weighted by Gasteiger charge is 2.21. The molecule has 0 aliphatic carbocycles. The number of nitrogen functional groups attached to an aromatic ring is 1. The van der Waals surface area contributed by atoms with Gasteiger partial charge in [-0.25, -0.2) is 18.4 Å². The molecule has 144 valence electrons. The second-order valence-electron chi connectivity index (χ2n) is 6.63. The van der Waals surface area contributed by atoms with E-state index in [9.17, 15) is 13.2 Å². The summed E-state index contributed by atoms with van der Waals surface area (Å²) >= 11 is 0. The summed E-state index contributed by atoms with van der Waals surface area (Å²) in [5.74, 6) is 0.300. The summed E-state index contributed by atoms with van der Waals surface area (Å²) in [6, 6.07) is 8.49. The number of hydrogen-bond acceptors (Lipinski definition) is 7. The number of aromatic nitrogens is 2. The molecule has 1 aromatic heterocycles. The fraction of sp³-hybridized carbons (Fsp3) is 0.389. The molecule has 0 spiro atoms. The summed E-state index contributed by atoms with van der Waals surface area (Å²) in [4.78, 5) is 20.7. The Hall–Kier alpha value is -2.52. The van der Waals surface area contributed by atoms with E-state index >= 15 is 0 Å². The first-order valence-electron chi connectivity index (χ1n) is 8.60. The molecule has 1 saturated heterocycles. The van der Waals surface area contributed by atoms with Gasteiger partial charge in [0.25, 0.3) is 0 Å². The summed E-state index contributed by atoms with van der Waals surface area (Å²) in [6.07, 6.45) is 2.59. The molecule has 0 saturated carbocycles. The summed E-state index contributed by atoms with van der Waals surface area (Å²) in [5, 5.41) is 2.90. The zero-order chi connectivity index (χ0) is 19.4. The lowest BCUT2D eigenvalue weighted by atomic mass is 9.99. The number of carbonyl (C=O) groups excluding carboxylic acids is 1. The zero-order valence-corrected chi connectivity index (χ0v) is 15.8. The third-order valence-corrected chi connectivity index (χ3v) is 5.03. The minimum atomic E-state index is -3.23. The topological polar surface area (TPSA) is 124 Å². The fourth-order valence-corrected chi connectivity index (χ4v) is 3.58. The minimum absolute atomic E-state index is 0.0123. The van der Waals surface area contributed by atoms with Crippen LogP contribution >= 0.6 is 0 Å². The Bertz CT molecular complexity index is 923. The van der Waals surface area contributed by atoms with E-state index in [-0.39, 0.29) is 23.4 Å². The van der Waals surface area contributed by atoms with Crippen molar-refractivity contribution in [1.82, 2.24) is 9.97 Å². The number of sulfone groups is 1. The van der Waals surface area contributed by atoms with Crippen LogP contribution in [-0.2, 0) is 25.1 Å². The average Bonchev–Trinajstić information content (AvgIpc) is 2.61. The number of amides is 1. The number of nitrogens with two attached hydrogens (primary N) is 1. The molecule has 1 fully saturated rings. The third kappa shape index (κ3) is 5.48. The highest BCUT2D eigenvalue weighted by molar-refractivity contribution is 7.89. The SMILES string of the molecule is CS(=O)(=O)Cc1cc(N)nc(-c2ccc(NC(=O)C3CCOCC3)cc2)n1. The van der Waals surface area contributed by atoms with Gasteiger partial charge in [-0.1, -0.05) is 0 Å². The standard InChI is InChI=1S/C18H22N4O4S/c1-27(24,25)11-15-10-16(19)22-17(20-15)12-2-4-14(5-3-12)21-18(23)13-6-8-26-9-7-13/h2-5,10,13H,6-9,11H2,1H3,(H,21,23)(H2,19,20,22). The van der Waals surface area contributed by atoms with E-state index < -0.39 is 9.84 Å². The summed E-state index contributed by atoms with van der Waals surface area (Å²) < 4.78 is 28.2. The molecule has 1 aliphatic heterocycles. The smallest absolute Gasteiger partial charge is 0.227 e. The highest BCUT2D eigenvalue weighted by atomic mass is 32.2. The van der Waals surface area contributed by atoms with Crippen LogP contribution in [0, 0.1) is 5.92 Å². The van der Waals surface area contributed by atoms with E-state index in [0.29, 0.717) is 36.0 Å². The number of anilines is 2. The molecule has 1 aromatic carbocycles. The fourth-order valence-electron chi connectivity index (χ4n) is 2.90. The molecule has 27 heavy (non-hydrogen) atoms. The van der Waals surface area contributed by atoms with E-state index in [1.54, 1.807) is 24.3 Å². The van der Waals surface area contributed by atoms with Crippen LogP contribution in [0.4, 0.5) is 11.5 Å². The first kappa shape index (κ1) is 19.2. The third-order valence-electron chi connectivity index (χ3n) is 4.21. The molecule has 8 nitrogen and oxygen atoms in total. The molecular formula is C18H22N4O4S. The number of nitrogens with zero attached hydrogens (tertiary/aromatic N) is 2. The Balaban J connectivity index is 1.74. The van der Waals surface area contributed by atoms with Crippen LogP contribution in [-0.4, -0.2) is 43.8 Å². The van der Waals surface area contributed by atoms with Gasteiger partial charge in [0.2, 0.25) is 5.91 Å². The number of benzene rings is 1. The zero-order valence-electron chi connectivity index (χ0n) is 15.0. The highest BCUT2D eigenvalue weighted by Crippen LogP contribution is 2.22. The van der Waals surface area contributed by atoms with Crippen LogP contribution in [0.2, 0.25) is 0 Å². The van der Waals surface area contributed by atoms with Gasteiger partial charge in [-0.2, -0.15) is 0 Å². The second kappa shape index (κ2) is 8.01. The first-order valence-corrected chi connectivity index (χ1v) is 10.7. The van der Waals surface area contributed by atoms with E-state index in [1.807, 2.05) is 0 Å². The molecule has 3 rings (SSSR count). The lowest BCUT2D eigenvalue weighted by Crippen LogP contribution is -2.28. The number of ether oxygens (including phenoxy) is 1. The van der Waals surface area contributed by atoms with Gasteiger partial charge in [0, 0.05) is 42.7 Å². The van der Waals surface area contributed by atoms with Crippen LogP contribution in [0.25, 0.3) is 11.4 Å². The van der Waals surface area contributed by atoms with Gasteiger partial charge >= 0.3 is 0 Å². The van der Waals surface area contributed by atoms with E-state index in [1.165, 1.54) is 6.07 Å². The van der Waals surface area contributed by atoms with Crippen LogP contribution in [0.15, 0.2) is 30.3 Å². The van der Waals surface area contributed by atoms with Gasteiger partial charge in [0.05, 0.1) is 11.4 Å². The molecule has 1 amide bonds. The normalized spacial score (nSPS) is 15.4. The van der Waals surface area contributed by atoms with Gasteiger partial charge < -0.3 is 15.8 Å². The van der Waals surface area contributed by atoms with Gasteiger partial charge in [0.15, 0.2) is 15.7 Å².